The number of halogens is 3. The summed E-state index contributed by atoms with van der Waals surface area (Å²) in [5, 5.41) is 12.2. The predicted octanol–water partition coefficient (Wildman–Crippen LogP) is 3.59. The van der Waals surface area contributed by atoms with Crippen LogP contribution in [0.5, 0.6) is 0 Å². The number of alkyl halides is 3. The van der Waals surface area contributed by atoms with Crippen LogP contribution in [0.3, 0.4) is 0 Å². The normalized spacial score (nSPS) is 17.7. The van der Waals surface area contributed by atoms with E-state index in [-0.39, 0.29) is 17.9 Å². The van der Waals surface area contributed by atoms with Gasteiger partial charge in [0.15, 0.2) is 0 Å². The lowest BCUT2D eigenvalue weighted by Crippen LogP contribution is -2.55. The zero-order chi connectivity index (χ0) is 23.4. The van der Waals surface area contributed by atoms with Gasteiger partial charge in [-0.1, -0.05) is 6.07 Å². The molecule has 0 aromatic carbocycles. The van der Waals surface area contributed by atoms with Crippen LogP contribution < -0.4 is 5.32 Å². The van der Waals surface area contributed by atoms with Crippen molar-refractivity contribution in [2.75, 3.05) is 13.1 Å². The Kier molecular flexibility index (Phi) is 7.17. The molecule has 11 heteroatoms. The molecule has 32 heavy (non-hydrogen) atoms. The molecule has 4 rings (SSSR count). The number of thiophene rings is 1. The molecule has 2 aliphatic rings. The van der Waals surface area contributed by atoms with Crippen molar-refractivity contribution >= 4 is 29.1 Å². The Bertz CT molecular complexity index is 935. The van der Waals surface area contributed by atoms with E-state index in [9.17, 15) is 22.8 Å². The van der Waals surface area contributed by atoms with Crippen LogP contribution in [0.1, 0.15) is 45.7 Å². The number of hydrogen-bond donors (Lipinski definition) is 2. The molecule has 7 nitrogen and oxygen atoms in total. The molecule has 2 amide bonds. The lowest BCUT2D eigenvalue weighted by atomic mass is 9.60. The van der Waals surface area contributed by atoms with Crippen LogP contribution >= 0.6 is 11.3 Å². The Hall–Kier alpha value is -2.95. The fraction of sp³-hybridized carbons (Fsp3) is 0.429. The van der Waals surface area contributed by atoms with Gasteiger partial charge in [-0.2, -0.15) is 13.2 Å². The summed E-state index contributed by atoms with van der Waals surface area (Å²) in [6.07, 6.45) is 2.27. The molecule has 1 saturated heterocycles. The smallest absolute Gasteiger partial charge is 0.475 e. The first-order chi connectivity index (χ1) is 15.1. The molecular formula is C21H22F3N3O4S. The first kappa shape index (κ1) is 23.7. The number of piperidine rings is 1. The molecule has 0 radical (unpaired) electrons. The molecule has 2 aromatic heterocycles. The molecule has 0 unspecified atom stereocenters. The van der Waals surface area contributed by atoms with Crippen LogP contribution in [-0.4, -0.2) is 58.1 Å². The van der Waals surface area contributed by atoms with E-state index in [4.69, 9.17) is 9.90 Å². The summed E-state index contributed by atoms with van der Waals surface area (Å²) in [5.41, 5.74) is 0.916. The van der Waals surface area contributed by atoms with Crippen LogP contribution in [0.15, 0.2) is 42.0 Å². The molecule has 1 saturated carbocycles. The highest BCUT2D eigenvalue weighted by atomic mass is 32.1. The van der Waals surface area contributed by atoms with Crippen LogP contribution in [0, 0.1) is 5.41 Å². The first-order valence-corrected chi connectivity index (χ1v) is 10.8. The largest absolute Gasteiger partial charge is 0.490 e. The van der Waals surface area contributed by atoms with E-state index in [1.54, 1.807) is 24.5 Å². The maximum Gasteiger partial charge on any atom is 0.490 e. The standard InChI is InChI=1S/C19H21N3O2S.C2HF3O2/c23-17(14-3-1-7-20-13-14)21-15-11-19(12-15)5-8-22(9-6-19)18(24)16-4-2-10-25-16;3-2(4,5)1(6)7/h1-4,7,10,13,15H,5-6,8-9,11-12H2,(H,21,23);(H,6,7). The third-order valence-corrected chi connectivity index (χ3v) is 6.56. The molecule has 1 aliphatic heterocycles. The van der Waals surface area contributed by atoms with Crippen molar-refractivity contribution in [1.82, 2.24) is 15.2 Å². The molecule has 2 aromatic rings. The fourth-order valence-corrected chi connectivity index (χ4v) is 4.69. The number of aromatic nitrogens is 1. The number of rotatable bonds is 3. The van der Waals surface area contributed by atoms with Gasteiger partial charge in [-0.25, -0.2) is 4.79 Å². The van der Waals surface area contributed by atoms with Crippen molar-refractivity contribution in [2.45, 2.75) is 37.9 Å². The molecule has 3 heterocycles. The Morgan fingerprint density at radius 2 is 1.81 bits per heavy atom. The van der Waals surface area contributed by atoms with E-state index in [1.165, 1.54) is 11.3 Å². The maximum absolute atomic E-state index is 12.4. The van der Waals surface area contributed by atoms with Gasteiger partial charge in [-0.15, -0.1) is 11.3 Å². The van der Waals surface area contributed by atoms with Gasteiger partial charge in [-0.3, -0.25) is 14.6 Å². The summed E-state index contributed by atoms with van der Waals surface area (Å²) in [6, 6.07) is 7.62. The molecule has 2 fully saturated rings. The zero-order valence-corrected chi connectivity index (χ0v) is 17.8. The highest BCUT2D eigenvalue weighted by molar-refractivity contribution is 7.12. The Morgan fingerprint density at radius 3 is 2.31 bits per heavy atom. The van der Waals surface area contributed by atoms with Crippen LogP contribution in [-0.2, 0) is 4.79 Å². The van der Waals surface area contributed by atoms with E-state index in [2.05, 4.69) is 10.3 Å². The van der Waals surface area contributed by atoms with Gasteiger partial charge in [0, 0.05) is 31.5 Å². The summed E-state index contributed by atoms with van der Waals surface area (Å²) >= 11 is 1.51. The van der Waals surface area contributed by atoms with Crippen LogP contribution in [0.25, 0.3) is 0 Å². The van der Waals surface area contributed by atoms with E-state index >= 15 is 0 Å². The highest BCUT2D eigenvalue weighted by Crippen LogP contribution is 2.49. The molecule has 172 valence electrons. The second kappa shape index (κ2) is 9.68. The number of carbonyl (C=O) groups is 3. The number of pyridine rings is 1. The number of amides is 2. The minimum absolute atomic E-state index is 0.0433. The molecule has 1 aliphatic carbocycles. The number of carbonyl (C=O) groups excluding carboxylic acids is 2. The number of nitrogens with one attached hydrogen (secondary N) is 1. The second-order valence-electron chi connectivity index (χ2n) is 7.89. The number of aliphatic carboxylic acids is 1. The van der Waals surface area contributed by atoms with Crippen LogP contribution in [0.4, 0.5) is 13.2 Å². The third kappa shape index (κ3) is 5.84. The van der Waals surface area contributed by atoms with Crippen molar-refractivity contribution in [3.63, 3.8) is 0 Å². The maximum atomic E-state index is 12.4. The zero-order valence-electron chi connectivity index (χ0n) is 17.0. The Morgan fingerprint density at radius 1 is 1.16 bits per heavy atom. The second-order valence-corrected chi connectivity index (χ2v) is 8.84. The van der Waals surface area contributed by atoms with Crippen LogP contribution in [0.2, 0.25) is 0 Å². The summed E-state index contributed by atoms with van der Waals surface area (Å²) in [5.74, 6) is -2.64. The van der Waals surface area contributed by atoms with Gasteiger partial charge < -0.3 is 15.3 Å². The molecule has 0 atom stereocenters. The van der Waals surface area contributed by atoms with E-state index in [1.807, 2.05) is 22.4 Å². The minimum atomic E-state index is -5.08. The SMILES string of the molecule is O=C(NC1CC2(CCN(C(=O)c3cccs3)CC2)C1)c1cccnc1.O=C(O)C(F)(F)F. The summed E-state index contributed by atoms with van der Waals surface area (Å²) in [4.78, 5) is 40.3. The average molecular weight is 469 g/mol. The van der Waals surface area contributed by atoms with Crippen molar-refractivity contribution in [2.24, 2.45) is 5.41 Å². The van der Waals surface area contributed by atoms with E-state index < -0.39 is 12.1 Å². The third-order valence-electron chi connectivity index (χ3n) is 5.70. The minimum Gasteiger partial charge on any atom is -0.475 e. The van der Waals surface area contributed by atoms with Gasteiger partial charge in [0.1, 0.15) is 0 Å². The summed E-state index contributed by atoms with van der Waals surface area (Å²) in [6.45, 7) is 1.64. The number of carboxylic acids is 1. The van der Waals surface area contributed by atoms with E-state index in [0.717, 1.165) is 43.6 Å². The number of hydrogen-bond acceptors (Lipinski definition) is 5. The summed E-state index contributed by atoms with van der Waals surface area (Å²) < 4.78 is 31.7. The summed E-state index contributed by atoms with van der Waals surface area (Å²) in [7, 11) is 0. The number of carboxylic acid groups (broad SMARTS) is 1. The van der Waals surface area contributed by atoms with Gasteiger partial charge in [0.25, 0.3) is 11.8 Å². The molecule has 0 bridgehead atoms. The van der Waals surface area contributed by atoms with Gasteiger partial charge >= 0.3 is 12.1 Å². The van der Waals surface area contributed by atoms with Crippen molar-refractivity contribution in [3.8, 4) is 0 Å². The van der Waals surface area contributed by atoms with Crippen molar-refractivity contribution in [1.29, 1.82) is 0 Å². The van der Waals surface area contributed by atoms with Gasteiger partial charge in [0.05, 0.1) is 10.4 Å². The lowest BCUT2D eigenvalue weighted by molar-refractivity contribution is -0.192. The number of likely N-dealkylation sites (tertiary alicyclic amines) is 1. The van der Waals surface area contributed by atoms with Gasteiger partial charge in [-0.05, 0) is 54.7 Å². The molecule has 1 spiro atoms. The van der Waals surface area contributed by atoms with Crippen molar-refractivity contribution in [3.05, 3.63) is 52.5 Å². The topological polar surface area (TPSA) is 99.6 Å². The van der Waals surface area contributed by atoms with E-state index in [0.29, 0.717) is 11.0 Å². The van der Waals surface area contributed by atoms with Crippen molar-refractivity contribution < 1.29 is 32.7 Å². The lowest BCUT2D eigenvalue weighted by Gasteiger charge is -2.52. The Labute approximate surface area is 186 Å². The fourth-order valence-electron chi connectivity index (χ4n) is 4.00. The monoisotopic (exact) mass is 469 g/mol. The Balaban J connectivity index is 0.000000360. The molecular weight excluding hydrogens is 447 g/mol. The number of nitrogens with zero attached hydrogens (tertiary/aromatic N) is 2. The first-order valence-electron chi connectivity index (χ1n) is 9.93. The predicted molar refractivity (Wildman–Crippen MR) is 110 cm³/mol. The van der Waals surface area contributed by atoms with Gasteiger partial charge in [0.2, 0.25) is 0 Å². The average Bonchev–Trinajstić information content (AvgIpc) is 3.28. The quantitative estimate of drug-likeness (QED) is 0.716. The highest BCUT2D eigenvalue weighted by Gasteiger charge is 2.47. The molecule has 2 N–H and O–H groups in total.